The van der Waals surface area contributed by atoms with Crippen molar-refractivity contribution in [2.24, 2.45) is 11.3 Å². The van der Waals surface area contributed by atoms with Crippen LogP contribution in [0.1, 0.15) is 89.8 Å². The third-order valence-corrected chi connectivity index (χ3v) is 9.52. The molecule has 0 saturated heterocycles. The molecule has 57 heavy (non-hydrogen) atoms. The van der Waals surface area contributed by atoms with E-state index in [1.54, 1.807) is 42.5 Å². The van der Waals surface area contributed by atoms with Crippen LogP contribution in [0.4, 0.5) is 5.69 Å². The minimum absolute atomic E-state index is 0.0199. The van der Waals surface area contributed by atoms with Gasteiger partial charge in [0.05, 0.1) is 12.5 Å². The van der Waals surface area contributed by atoms with E-state index in [-0.39, 0.29) is 43.9 Å². The second kappa shape index (κ2) is 23.9. The molecule has 0 spiro atoms. The third-order valence-electron chi connectivity index (χ3n) is 9.15. The Labute approximate surface area is 341 Å². The van der Waals surface area contributed by atoms with Crippen molar-refractivity contribution in [3.8, 4) is 0 Å². The lowest BCUT2D eigenvalue weighted by Gasteiger charge is -2.30. The lowest BCUT2D eigenvalue weighted by Crippen LogP contribution is -2.51. The number of carboxylic acid groups (broad SMARTS) is 1. The average molecular weight is 807 g/mol. The van der Waals surface area contributed by atoms with Crippen LogP contribution < -0.4 is 21.3 Å². The van der Waals surface area contributed by atoms with Crippen molar-refractivity contribution in [2.75, 3.05) is 12.4 Å². The summed E-state index contributed by atoms with van der Waals surface area (Å²) in [5.74, 6) is -1.85. The summed E-state index contributed by atoms with van der Waals surface area (Å²) in [5, 5.41) is 27.9. The van der Waals surface area contributed by atoms with Crippen molar-refractivity contribution in [2.45, 2.75) is 110 Å². The Bertz CT molecular complexity index is 1760. The fourth-order valence-corrected chi connectivity index (χ4v) is 6.60. The number of anilines is 1. The second-order valence-corrected chi connectivity index (χ2v) is 16.0. The second-order valence-electron chi connectivity index (χ2n) is 15.5. The van der Waals surface area contributed by atoms with E-state index in [4.69, 9.17) is 16.7 Å². The maximum atomic E-state index is 13.5. The van der Waals surface area contributed by atoms with Gasteiger partial charge in [0.1, 0.15) is 17.9 Å². The first-order chi connectivity index (χ1) is 27.0. The molecule has 1 aliphatic rings. The van der Waals surface area contributed by atoms with Crippen molar-refractivity contribution in [3.05, 3.63) is 101 Å². The number of carboxylic acids is 1. The van der Waals surface area contributed by atoms with Crippen LogP contribution in [0.5, 0.6) is 0 Å². The Hall–Kier alpha value is -5.07. The molecule has 1 aliphatic carbocycles. The fourth-order valence-electron chi connectivity index (χ4n) is 6.39. The molecule has 310 valence electrons. The van der Waals surface area contributed by atoms with Crippen LogP contribution in [0, 0.1) is 11.3 Å². The van der Waals surface area contributed by atoms with E-state index in [1.165, 1.54) is 13.8 Å². The molecule has 3 aromatic carbocycles. The summed E-state index contributed by atoms with van der Waals surface area (Å²) in [6.07, 6.45) is 4.21. The number of aliphatic hydroxyl groups is 1. The number of aliphatic hydroxyl groups excluding tert-OH is 1. The number of amides is 4. The summed E-state index contributed by atoms with van der Waals surface area (Å²) >= 11 is 6.37. The van der Waals surface area contributed by atoms with Crippen molar-refractivity contribution in [3.63, 3.8) is 0 Å². The SMILES string of the molecule is CC(C)(NC(=O)CC1(CC(=O)NC(C=O)Cc2ccc(NC(=O)C(Cc3ccccc3Cl)NC(=O)Cc3ccccc3)cc2)CCCC1)C(=O)O.CC(C)C.CO. The Morgan fingerprint density at radius 1 is 0.772 bits per heavy atom. The number of nitrogens with one attached hydrogen (secondary N) is 4. The van der Waals surface area contributed by atoms with E-state index >= 15 is 0 Å². The molecule has 0 radical (unpaired) electrons. The molecular formula is C44H59ClN4O8. The van der Waals surface area contributed by atoms with Gasteiger partial charge >= 0.3 is 5.97 Å². The Kier molecular flexibility index (Phi) is 20.1. The zero-order valence-corrected chi connectivity index (χ0v) is 34.7. The van der Waals surface area contributed by atoms with Crippen LogP contribution in [-0.4, -0.2) is 70.8 Å². The Balaban J connectivity index is 0.00000175. The van der Waals surface area contributed by atoms with Gasteiger partial charge in [0.15, 0.2) is 0 Å². The Morgan fingerprint density at radius 2 is 1.33 bits per heavy atom. The molecule has 3 aromatic rings. The first kappa shape index (κ1) is 48.1. The van der Waals surface area contributed by atoms with Gasteiger partial charge in [-0.05, 0) is 79.3 Å². The monoisotopic (exact) mass is 806 g/mol. The summed E-state index contributed by atoms with van der Waals surface area (Å²) in [6, 6.07) is 21.5. The highest BCUT2D eigenvalue weighted by molar-refractivity contribution is 6.31. The predicted molar refractivity (Wildman–Crippen MR) is 223 cm³/mol. The summed E-state index contributed by atoms with van der Waals surface area (Å²) in [6.45, 7) is 9.31. The van der Waals surface area contributed by atoms with Gasteiger partial charge in [-0.3, -0.25) is 19.2 Å². The summed E-state index contributed by atoms with van der Waals surface area (Å²) in [4.78, 5) is 75.7. The zero-order valence-electron chi connectivity index (χ0n) is 33.9. The highest BCUT2D eigenvalue weighted by Gasteiger charge is 2.40. The van der Waals surface area contributed by atoms with Crippen molar-refractivity contribution in [1.29, 1.82) is 0 Å². The molecule has 1 saturated carbocycles. The summed E-state index contributed by atoms with van der Waals surface area (Å²) in [5.41, 5.74) is 0.692. The van der Waals surface area contributed by atoms with E-state index in [9.17, 15) is 33.9 Å². The number of carbonyl (C=O) groups excluding carboxylic acids is 5. The van der Waals surface area contributed by atoms with E-state index in [0.717, 1.165) is 37.0 Å². The number of rotatable bonds is 17. The van der Waals surface area contributed by atoms with E-state index < -0.39 is 40.8 Å². The topological polar surface area (TPSA) is 191 Å². The molecule has 0 aliphatic heterocycles. The molecule has 13 heteroatoms. The van der Waals surface area contributed by atoms with Crippen LogP contribution in [0.3, 0.4) is 0 Å². The normalized spacial score (nSPS) is 14.0. The predicted octanol–water partition coefficient (Wildman–Crippen LogP) is 6.07. The minimum atomic E-state index is -1.43. The van der Waals surface area contributed by atoms with Gasteiger partial charge in [0.2, 0.25) is 23.6 Å². The molecule has 2 unspecified atom stereocenters. The number of aliphatic carboxylic acids is 1. The molecule has 4 amide bonds. The van der Waals surface area contributed by atoms with Crippen molar-refractivity contribution < 1.29 is 39.0 Å². The van der Waals surface area contributed by atoms with Gasteiger partial charge in [0, 0.05) is 37.1 Å². The van der Waals surface area contributed by atoms with Gasteiger partial charge in [-0.2, -0.15) is 0 Å². The van der Waals surface area contributed by atoms with Crippen LogP contribution in [0.15, 0.2) is 78.9 Å². The first-order valence-electron chi connectivity index (χ1n) is 19.2. The fraction of sp³-hybridized carbons (Fsp3) is 0.455. The average Bonchev–Trinajstić information content (AvgIpc) is 3.60. The zero-order chi connectivity index (χ0) is 42.6. The smallest absolute Gasteiger partial charge is 0.328 e. The molecule has 1 fully saturated rings. The number of hydrogen-bond donors (Lipinski definition) is 6. The van der Waals surface area contributed by atoms with Gasteiger partial charge in [-0.15, -0.1) is 0 Å². The van der Waals surface area contributed by atoms with Crippen molar-refractivity contribution in [1.82, 2.24) is 16.0 Å². The lowest BCUT2D eigenvalue weighted by atomic mass is 9.78. The standard InChI is InChI=1S/C39H45ClN4O7.C4H10.CH4O/c1-38(2,37(50)51)44-35(48)24-39(18-8-9-19-39)23-34(47)41-30(25-45)20-27-14-16-29(17-15-27)42-36(49)32(22-28-12-6-7-13-31(28)40)43-33(46)21-26-10-4-3-5-11-26;1-4(2)3;1-2/h3-7,10-17,25,30,32H,8-9,18-24H2,1-2H3,(H,41,47)(H,42,49)(H,43,46)(H,44,48)(H,50,51);4H,1-3H3;2H,1H3. The number of carbonyl (C=O) groups is 6. The van der Waals surface area contributed by atoms with Gasteiger partial charge < -0.3 is 36.3 Å². The molecule has 6 N–H and O–H groups in total. The van der Waals surface area contributed by atoms with E-state index in [2.05, 4.69) is 42.0 Å². The quantitative estimate of drug-likeness (QED) is 0.0887. The molecular weight excluding hydrogens is 748 g/mol. The van der Waals surface area contributed by atoms with E-state index in [0.29, 0.717) is 35.4 Å². The lowest BCUT2D eigenvalue weighted by molar-refractivity contribution is -0.146. The molecule has 2 atom stereocenters. The van der Waals surface area contributed by atoms with Crippen LogP contribution in [0.2, 0.25) is 5.02 Å². The Morgan fingerprint density at radius 3 is 1.89 bits per heavy atom. The number of benzene rings is 3. The molecule has 0 bridgehead atoms. The summed E-state index contributed by atoms with van der Waals surface area (Å²) < 4.78 is 0. The maximum absolute atomic E-state index is 13.5. The van der Waals surface area contributed by atoms with E-state index in [1.807, 2.05) is 36.4 Å². The minimum Gasteiger partial charge on any atom is -0.480 e. The largest absolute Gasteiger partial charge is 0.480 e. The molecule has 0 heterocycles. The van der Waals surface area contributed by atoms with Crippen LogP contribution in [0.25, 0.3) is 0 Å². The summed E-state index contributed by atoms with van der Waals surface area (Å²) in [7, 11) is 1.00. The number of hydrogen-bond acceptors (Lipinski definition) is 7. The highest BCUT2D eigenvalue weighted by Crippen LogP contribution is 2.44. The van der Waals surface area contributed by atoms with Crippen LogP contribution in [-0.2, 0) is 48.0 Å². The highest BCUT2D eigenvalue weighted by atomic mass is 35.5. The van der Waals surface area contributed by atoms with Gasteiger partial charge in [0.25, 0.3) is 0 Å². The molecule has 12 nitrogen and oxygen atoms in total. The third kappa shape index (κ3) is 17.3. The number of aldehydes is 1. The molecule has 4 rings (SSSR count). The first-order valence-corrected chi connectivity index (χ1v) is 19.6. The number of halogens is 1. The maximum Gasteiger partial charge on any atom is 0.328 e. The van der Waals surface area contributed by atoms with Crippen LogP contribution >= 0.6 is 11.6 Å². The van der Waals surface area contributed by atoms with Gasteiger partial charge in [-0.1, -0.05) is 106 Å². The van der Waals surface area contributed by atoms with Crippen molar-refractivity contribution >= 4 is 53.2 Å². The van der Waals surface area contributed by atoms with Gasteiger partial charge in [-0.25, -0.2) is 4.79 Å². The molecule has 0 aromatic heterocycles.